The third-order valence-electron chi connectivity index (χ3n) is 5.50. The molecule has 1 aliphatic heterocycles. The van der Waals surface area contributed by atoms with E-state index in [1.807, 2.05) is 41.3 Å². The van der Waals surface area contributed by atoms with Crippen LogP contribution in [0.1, 0.15) is 30.9 Å². The number of aryl methyl sites for hydroxylation is 1. The van der Waals surface area contributed by atoms with Gasteiger partial charge in [-0.1, -0.05) is 12.1 Å². The Kier molecular flexibility index (Phi) is 5.29. The van der Waals surface area contributed by atoms with Gasteiger partial charge in [0.1, 0.15) is 11.5 Å². The van der Waals surface area contributed by atoms with Crippen LogP contribution < -0.4 is 15.2 Å². The Morgan fingerprint density at radius 1 is 1.17 bits per heavy atom. The van der Waals surface area contributed by atoms with E-state index in [1.165, 1.54) is 4.57 Å². The number of methoxy groups -OCH3 is 2. The summed E-state index contributed by atoms with van der Waals surface area (Å²) in [6.07, 6.45) is 2.04. The molecule has 0 bridgehead atoms. The highest BCUT2D eigenvalue weighted by atomic mass is 16.5. The molecule has 2 aromatic carbocycles. The number of amides is 1. The quantitative estimate of drug-likeness (QED) is 0.639. The number of para-hydroxylation sites is 2. The Morgan fingerprint density at radius 2 is 2.00 bits per heavy atom. The molecular weight excluding hydrogens is 372 g/mol. The minimum atomic E-state index is -0.436. The van der Waals surface area contributed by atoms with E-state index >= 15 is 0 Å². The maximum absolute atomic E-state index is 13.0. The van der Waals surface area contributed by atoms with Crippen LogP contribution >= 0.6 is 0 Å². The molecule has 1 fully saturated rings. The summed E-state index contributed by atoms with van der Waals surface area (Å²) in [5, 5.41) is 0. The van der Waals surface area contributed by atoms with Gasteiger partial charge < -0.3 is 18.8 Å². The van der Waals surface area contributed by atoms with Gasteiger partial charge in [-0.25, -0.2) is 4.79 Å². The summed E-state index contributed by atoms with van der Waals surface area (Å²) < 4.78 is 17.6. The van der Waals surface area contributed by atoms with Gasteiger partial charge >= 0.3 is 5.76 Å². The van der Waals surface area contributed by atoms with Gasteiger partial charge in [-0.05, 0) is 37.1 Å². The Hall–Kier alpha value is -3.22. The summed E-state index contributed by atoms with van der Waals surface area (Å²) in [5.41, 5.74) is 2.22. The number of benzene rings is 2. The van der Waals surface area contributed by atoms with Gasteiger partial charge in [0.2, 0.25) is 5.91 Å². The number of hydrogen-bond acceptors (Lipinski definition) is 5. The lowest BCUT2D eigenvalue weighted by molar-refractivity contribution is -0.132. The fourth-order valence-electron chi connectivity index (χ4n) is 4.06. The molecule has 7 nitrogen and oxygen atoms in total. The minimum Gasteiger partial charge on any atom is -0.497 e. The summed E-state index contributed by atoms with van der Waals surface area (Å²) in [5.74, 6) is 1.01. The van der Waals surface area contributed by atoms with Gasteiger partial charge in [-0.15, -0.1) is 0 Å². The molecule has 1 saturated heterocycles. The standard InChI is InChI=1S/C22H24N2O5/c1-27-15-9-10-16(20(14-15)28-2)17-7-5-12-23(17)21(25)11-13-24-18-6-3-4-8-19(18)29-22(24)26/h3-4,6,8-10,14,17H,5,7,11-13H2,1-2H3/t17-/m0/s1. The van der Waals surface area contributed by atoms with Crippen molar-refractivity contribution in [1.82, 2.24) is 9.47 Å². The zero-order valence-electron chi connectivity index (χ0n) is 16.6. The van der Waals surface area contributed by atoms with Crippen LogP contribution in [0.5, 0.6) is 11.5 Å². The van der Waals surface area contributed by atoms with Gasteiger partial charge in [0.15, 0.2) is 5.58 Å². The first-order valence-electron chi connectivity index (χ1n) is 9.72. The molecule has 0 unspecified atom stereocenters. The Labute approximate surface area is 168 Å². The molecule has 1 atom stereocenters. The molecular formula is C22H24N2O5. The molecule has 0 aliphatic carbocycles. The number of rotatable bonds is 6. The molecule has 0 saturated carbocycles. The highest BCUT2D eigenvalue weighted by Gasteiger charge is 2.31. The molecule has 1 amide bonds. The number of carbonyl (C=O) groups is 1. The molecule has 2 heterocycles. The highest BCUT2D eigenvalue weighted by Crippen LogP contribution is 2.39. The van der Waals surface area contributed by atoms with Crippen LogP contribution in [-0.4, -0.2) is 36.1 Å². The van der Waals surface area contributed by atoms with E-state index in [-0.39, 0.29) is 24.9 Å². The zero-order valence-corrected chi connectivity index (χ0v) is 16.6. The van der Waals surface area contributed by atoms with Crippen LogP contribution in [0.2, 0.25) is 0 Å². The van der Waals surface area contributed by atoms with Crippen LogP contribution in [0.15, 0.2) is 51.7 Å². The predicted molar refractivity (Wildman–Crippen MR) is 108 cm³/mol. The van der Waals surface area contributed by atoms with E-state index in [0.29, 0.717) is 29.1 Å². The third kappa shape index (κ3) is 3.60. The van der Waals surface area contributed by atoms with Crippen LogP contribution in [0.25, 0.3) is 11.1 Å². The summed E-state index contributed by atoms with van der Waals surface area (Å²) in [6.45, 7) is 0.983. The lowest BCUT2D eigenvalue weighted by Gasteiger charge is -2.26. The van der Waals surface area contributed by atoms with Crippen molar-refractivity contribution in [2.75, 3.05) is 20.8 Å². The largest absolute Gasteiger partial charge is 0.497 e. The van der Waals surface area contributed by atoms with Crippen molar-refractivity contribution in [3.63, 3.8) is 0 Å². The molecule has 152 valence electrons. The van der Waals surface area contributed by atoms with Crippen molar-refractivity contribution in [1.29, 1.82) is 0 Å². The number of ether oxygens (including phenoxy) is 2. The van der Waals surface area contributed by atoms with Gasteiger partial charge in [-0.3, -0.25) is 9.36 Å². The van der Waals surface area contributed by atoms with E-state index in [2.05, 4.69) is 0 Å². The first-order chi connectivity index (χ1) is 14.1. The maximum atomic E-state index is 13.0. The number of carbonyl (C=O) groups excluding carboxylic acids is 1. The predicted octanol–water partition coefficient (Wildman–Crippen LogP) is 3.37. The van der Waals surface area contributed by atoms with Gasteiger partial charge in [-0.2, -0.15) is 0 Å². The Morgan fingerprint density at radius 3 is 2.79 bits per heavy atom. The van der Waals surface area contributed by atoms with E-state index < -0.39 is 5.76 Å². The second kappa shape index (κ2) is 8.03. The lowest BCUT2D eigenvalue weighted by Crippen LogP contribution is -2.32. The zero-order chi connectivity index (χ0) is 20.4. The van der Waals surface area contributed by atoms with E-state index in [4.69, 9.17) is 13.9 Å². The van der Waals surface area contributed by atoms with Crippen LogP contribution in [-0.2, 0) is 11.3 Å². The smallest absolute Gasteiger partial charge is 0.419 e. The number of likely N-dealkylation sites (tertiary alicyclic amines) is 1. The van der Waals surface area contributed by atoms with Crippen molar-refractivity contribution >= 4 is 17.0 Å². The third-order valence-corrected chi connectivity index (χ3v) is 5.50. The number of nitrogens with zero attached hydrogens (tertiary/aromatic N) is 2. The fraction of sp³-hybridized carbons (Fsp3) is 0.364. The summed E-state index contributed by atoms with van der Waals surface area (Å²) in [7, 11) is 3.23. The summed E-state index contributed by atoms with van der Waals surface area (Å²) >= 11 is 0. The minimum absolute atomic E-state index is 0.0163. The first-order valence-corrected chi connectivity index (χ1v) is 9.72. The summed E-state index contributed by atoms with van der Waals surface area (Å²) in [4.78, 5) is 27.0. The number of aromatic nitrogens is 1. The number of fused-ring (bicyclic) bond motifs is 1. The molecule has 3 aromatic rings. The van der Waals surface area contributed by atoms with Crippen molar-refractivity contribution in [2.45, 2.75) is 31.8 Å². The average Bonchev–Trinajstić information content (AvgIpc) is 3.35. The van der Waals surface area contributed by atoms with Crippen LogP contribution in [0.4, 0.5) is 0 Å². The van der Waals surface area contributed by atoms with Crippen LogP contribution in [0.3, 0.4) is 0 Å². The van der Waals surface area contributed by atoms with Gasteiger partial charge in [0, 0.05) is 31.1 Å². The van der Waals surface area contributed by atoms with E-state index in [9.17, 15) is 9.59 Å². The molecule has 0 spiro atoms. The normalized spacial score (nSPS) is 16.3. The topological polar surface area (TPSA) is 73.9 Å². The fourth-order valence-corrected chi connectivity index (χ4v) is 4.06. The molecule has 4 rings (SSSR count). The molecule has 0 N–H and O–H groups in total. The van der Waals surface area contributed by atoms with Crippen molar-refractivity contribution in [2.24, 2.45) is 0 Å². The second-order valence-electron chi connectivity index (χ2n) is 7.09. The maximum Gasteiger partial charge on any atom is 0.419 e. The molecule has 1 aliphatic rings. The van der Waals surface area contributed by atoms with Crippen molar-refractivity contribution in [3.8, 4) is 11.5 Å². The molecule has 1 aromatic heterocycles. The summed E-state index contributed by atoms with van der Waals surface area (Å²) in [6, 6.07) is 12.9. The van der Waals surface area contributed by atoms with Crippen LogP contribution in [0, 0.1) is 0 Å². The Balaban J connectivity index is 1.52. The van der Waals surface area contributed by atoms with Gasteiger partial charge in [0.05, 0.1) is 25.8 Å². The van der Waals surface area contributed by atoms with E-state index in [1.54, 1.807) is 20.3 Å². The number of hydrogen-bond donors (Lipinski definition) is 0. The Bertz CT molecular complexity index is 1080. The average molecular weight is 396 g/mol. The SMILES string of the molecule is COc1ccc([C@@H]2CCCN2C(=O)CCn2c(=O)oc3ccccc32)c(OC)c1. The van der Waals surface area contributed by atoms with Crippen molar-refractivity contribution in [3.05, 3.63) is 58.6 Å². The van der Waals surface area contributed by atoms with Gasteiger partial charge in [0.25, 0.3) is 0 Å². The van der Waals surface area contributed by atoms with Crippen molar-refractivity contribution < 1.29 is 18.7 Å². The monoisotopic (exact) mass is 396 g/mol. The first kappa shape index (κ1) is 19.1. The molecule has 7 heteroatoms. The highest BCUT2D eigenvalue weighted by molar-refractivity contribution is 5.78. The lowest BCUT2D eigenvalue weighted by atomic mass is 10.0. The number of oxazole rings is 1. The molecule has 29 heavy (non-hydrogen) atoms. The second-order valence-corrected chi connectivity index (χ2v) is 7.09. The molecule has 0 radical (unpaired) electrons. The van der Waals surface area contributed by atoms with E-state index in [0.717, 1.165) is 18.4 Å².